The number of benzene rings is 1. The summed E-state index contributed by atoms with van der Waals surface area (Å²) in [7, 11) is 0. The summed E-state index contributed by atoms with van der Waals surface area (Å²) in [6.45, 7) is 0.300. The predicted molar refractivity (Wildman–Crippen MR) is 75.3 cm³/mol. The number of carbonyl (C=O) groups is 3. The summed E-state index contributed by atoms with van der Waals surface area (Å²) in [5.74, 6) is -2.14. The third-order valence-corrected chi connectivity index (χ3v) is 3.83. The highest BCUT2D eigenvalue weighted by Gasteiger charge is 2.33. The lowest BCUT2D eigenvalue weighted by atomic mass is 10.0. The van der Waals surface area contributed by atoms with E-state index in [1.165, 1.54) is 0 Å². The Bertz CT molecular complexity index is 571. The number of rotatable bonds is 5. The number of primary amides is 1. The van der Waals surface area contributed by atoms with Crippen molar-refractivity contribution in [3.8, 4) is 0 Å². The predicted octanol–water partition coefficient (Wildman–Crippen LogP) is 0.903. The largest absolute Gasteiger partial charge is 0.481 e. The molecule has 0 spiro atoms. The Morgan fingerprint density at radius 2 is 1.95 bits per heavy atom. The van der Waals surface area contributed by atoms with Gasteiger partial charge in [0, 0.05) is 18.0 Å². The number of carbonyl (C=O) groups excluding carboxylic acids is 2. The number of carboxylic acids is 1. The summed E-state index contributed by atoms with van der Waals surface area (Å²) in [5, 5.41) is 11.7. The van der Waals surface area contributed by atoms with Gasteiger partial charge >= 0.3 is 5.97 Å². The van der Waals surface area contributed by atoms with Crippen LogP contribution in [0.2, 0.25) is 0 Å². The van der Waals surface area contributed by atoms with Gasteiger partial charge in [0.2, 0.25) is 11.8 Å². The van der Waals surface area contributed by atoms with Crippen LogP contribution in [0.4, 0.5) is 0 Å². The van der Waals surface area contributed by atoms with Gasteiger partial charge in [-0.1, -0.05) is 12.1 Å². The summed E-state index contributed by atoms with van der Waals surface area (Å²) in [6.07, 6.45) is 1.54. The quantitative estimate of drug-likeness (QED) is 0.748. The Morgan fingerprint density at radius 3 is 2.57 bits per heavy atom. The first-order valence-corrected chi connectivity index (χ1v) is 6.86. The lowest BCUT2D eigenvalue weighted by Gasteiger charge is -2.11. The average Bonchev–Trinajstić information content (AvgIpc) is 2.95. The van der Waals surface area contributed by atoms with Gasteiger partial charge in [-0.15, -0.1) is 0 Å². The number of hydrogen-bond acceptors (Lipinski definition) is 3. The molecule has 4 N–H and O–H groups in total. The number of nitrogens with two attached hydrogens (primary N) is 1. The van der Waals surface area contributed by atoms with Crippen LogP contribution in [-0.4, -0.2) is 22.9 Å². The molecule has 0 radical (unpaired) electrons. The third-order valence-electron chi connectivity index (χ3n) is 3.83. The molecule has 2 amide bonds. The van der Waals surface area contributed by atoms with Crippen LogP contribution in [-0.2, 0) is 16.1 Å². The first-order chi connectivity index (χ1) is 9.97. The molecule has 1 aromatic rings. The highest BCUT2D eigenvalue weighted by molar-refractivity contribution is 5.92. The van der Waals surface area contributed by atoms with Gasteiger partial charge in [0.25, 0.3) is 0 Å². The summed E-state index contributed by atoms with van der Waals surface area (Å²) in [5.41, 5.74) is 6.38. The van der Waals surface area contributed by atoms with Gasteiger partial charge in [-0.05, 0) is 37.0 Å². The number of carboxylic acid groups (broad SMARTS) is 1. The molecule has 1 aromatic carbocycles. The van der Waals surface area contributed by atoms with E-state index in [2.05, 4.69) is 5.32 Å². The van der Waals surface area contributed by atoms with Gasteiger partial charge in [0.15, 0.2) is 0 Å². The Morgan fingerprint density at radius 1 is 1.24 bits per heavy atom. The van der Waals surface area contributed by atoms with Crippen LogP contribution in [0.25, 0.3) is 0 Å². The summed E-state index contributed by atoms with van der Waals surface area (Å²) >= 11 is 0. The number of amides is 2. The molecule has 21 heavy (non-hydrogen) atoms. The maximum atomic E-state index is 12.0. The molecule has 2 unspecified atom stereocenters. The Balaban J connectivity index is 1.88. The molecule has 6 heteroatoms. The van der Waals surface area contributed by atoms with E-state index in [-0.39, 0.29) is 11.8 Å². The molecule has 112 valence electrons. The standard InChI is InChI=1S/C15H18N2O4/c16-13(18)10-3-1-2-9(6-10)8-17-14(19)11-4-5-12(7-11)15(20)21/h1-3,6,11-12H,4-5,7-8H2,(H2,16,18)(H,17,19)(H,20,21). The summed E-state index contributed by atoms with van der Waals surface area (Å²) in [6, 6.07) is 6.75. The molecule has 0 heterocycles. The van der Waals surface area contributed by atoms with Crippen molar-refractivity contribution in [3.63, 3.8) is 0 Å². The van der Waals surface area contributed by atoms with Gasteiger partial charge < -0.3 is 16.2 Å². The van der Waals surface area contributed by atoms with Gasteiger partial charge in [-0.25, -0.2) is 0 Å². The minimum absolute atomic E-state index is 0.136. The zero-order valence-corrected chi connectivity index (χ0v) is 11.5. The van der Waals surface area contributed by atoms with Crippen molar-refractivity contribution in [2.24, 2.45) is 17.6 Å². The van der Waals surface area contributed by atoms with Crippen LogP contribution < -0.4 is 11.1 Å². The van der Waals surface area contributed by atoms with Gasteiger partial charge in [-0.2, -0.15) is 0 Å². The van der Waals surface area contributed by atoms with Crippen molar-refractivity contribution >= 4 is 17.8 Å². The van der Waals surface area contributed by atoms with Crippen molar-refractivity contribution < 1.29 is 19.5 Å². The van der Waals surface area contributed by atoms with Crippen LogP contribution in [0, 0.1) is 11.8 Å². The highest BCUT2D eigenvalue weighted by Crippen LogP contribution is 2.31. The normalized spacial score (nSPS) is 21.0. The van der Waals surface area contributed by atoms with Gasteiger partial charge in [0.05, 0.1) is 5.92 Å². The van der Waals surface area contributed by atoms with Crippen molar-refractivity contribution in [1.82, 2.24) is 5.32 Å². The molecule has 1 aliphatic rings. The Labute approximate surface area is 122 Å². The molecule has 1 fully saturated rings. The number of aliphatic carboxylic acids is 1. The van der Waals surface area contributed by atoms with Crippen molar-refractivity contribution in [3.05, 3.63) is 35.4 Å². The topological polar surface area (TPSA) is 109 Å². The molecule has 2 rings (SSSR count). The molecule has 1 saturated carbocycles. The second-order valence-electron chi connectivity index (χ2n) is 5.33. The molecule has 0 aromatic heterocycles. The van der Waals surface area contributed by atoms with E-state index in [4.69, 9.17) is 10.8 Å². The van der Waals surface area contributed by atoms with E-state index in [0.717, 1.165) is 5.56 Å². The molecule has 2 atom stereocenters. The van der Waals surface area contributed by atoms with Crippen molar-refractivity contribution in [2.45, 2.75) is 25.8 Å². The Kier molecular flexibility index (Phi) is 4.57. The molecular formula is C15H18N2O4. The molecule has 0 saturated heterocycles. The SMILES string of the molecule is NC(=O)c1cccc(CNC(=O)C2CCC(C(=O)O)C2)c1. The molecule has 6 nitrogen and oxygen atoms in total. The molecule has 1 aliphatic carbocycles. The lowest BCUT2D eigenvalue weighted by molar-refractivity contribution is -0.141. The second-order valence-corrected chi connectivity index (χ2v) is 5.33. The minimum Gasteiger partial charge on any atom is -0.481 e. The van der Waals surface area contributed by atoms with E-state index in [1.54, 1.807) is 24.3 Å². The maximum Gasteiger partial charge on any atom is 0.306 e. The first-order valence-electron chi connectivity index (χ1n) is 6.86. The first kappa shape index (κ1) is 15.0. The van der Waals surface area contributed by atoms with Crippen molar-refractivity contribution in [1.29, 1.82) is 0 Å². The second kappa shape index (κ2) is 6.39. The smallest absolute Gasteiger partial charge is 0.306 e. The van der Waals surface area contributed by atoms with E-state index in [1.807, 2.05) is 0 Å². The monoisotopic (exact) mass is 290 g/mol. The van der Waals surface area contributed by atoms with Gasteiger partial charge in [-0.3, -0.25) is 14.4 Å². The zero-order chi connectivity index (χ0) is 15.4. The van der Waals surface area contributed by atoms with E-state index in [0.29, 0.717) is 31.4 Å². The zero-order valence-electron chi connectivity index (χ0n) is 11.5. The molecular weight excluding hydrogens is 272 g/mol. The summed E-state index contributed by atoms with van der Waals surface area (Å²) < 4.78 is 0. The van der Waals surface area contributed by atoms with Crippen LogP contribution in [0.15, 0.2) is 24.3 Å². The fraction of sp³-hybridized carbons (Fsp3) is 0.400. The van der Waals surface area contributed by atoms with Gasteiger partial charge in [0.1, 0.15) is 0 Å². The fourth-order valence-electron chi connectivity index (χ4n) is 2.61. The number of hydrogen-bond donors (Lipinski definition) is 3. The van der Waals surface area contributed by atoms with Crippen LogP contribution in [0.5, 0.6) is 0 Å². The lowest BCUT2D eigenvalue weighted by Crippen LogP contribution is -2.29. The fourth-order valence-corrected chi connectivity index (χ4v) is 2.61. The number of nitrogens with one attached hydrogen (secondary N) is 1. The van der Waals surface area contributed by atoms with Crippen molar-refractivity contribution in [2.75, 3.05) is 0 Å². The molecule has 0 aliphatic heterocycles. The van der Waals surface area contributed by atoms with Crippen LogP contribution in [0.3, 0.4) is 0 Å². The van der Waals surface area contributed by atoms with Crippen LogP contribution >= 0.6 is 0 Å². The maximum absolute atomic E-state index is 12.0. The minimum atomic E-state index is -0.834. The van der Waals surface area contributed by atoms with E-state index < -0.39 is 17.8 Å². The van der Waals surface area contributed by atoms with Crippen LogP contribution in [0.1, 0.15) is 35.2 Å². The highest BCUT2D eigenvalue weighted by atomic mass is 16.4. The van der Waals surface area contributed by atoms with E-state index >= 15 is 0 Å². The average molecular weight is 290 g/mol. The Hall–Kier alpha value is -2.37. The third kappa shape index (κ3) is 3.81. The molecule has 0 bridgehead atoms. The summed E-state index contributed by atoms with van der Waals surface area (Å²) in [4.78, 5) is 34.0. The van der Waals surface area contributed by atoms with E-state index in [9.17, 15) is 14.4 Å².